The van der Waals surface area contributed by atoms with Crippen LogP contribution in [0, 0.1) is 5.92 Å². The number of nitrogens with one attached hydrogen (secondary N) is 1. The topological polar surface area (TPSA) is 71.0 Å². The molecule has 0 bridgehead atoms. The van der Waals surface area contributed by atoms with Crippen molar-refractivity contribution in [2.24, 2.45) is 11.1 Å². The molecule has 3 aliphatic rings. The summed E-state index contributed by atoms with van der Waals surface area (Å²) in [6.45, 7) is 1.08. The second-order valence-electron chi connectivity index (χ2n) is 7.37. The zero-order valence-electron chi connectivity index (χ0n) is 14.8. The Hall–Kier alpha value is -1.79. The van der Waals surface area contributed by atoms with Crippen LogP contribution in [0.2, 0.25) is 10.0 Å². The van der Waals surface area contributed by atoms with Gasteiger partial charge in [-0.2, -0.15) is 0 Å². The van der Waals surface area contributed by atoms with Crippen LogP contribution in [0.4, 0.5) is 0 Å². The van der Waals surface area contributed by atoms with Gasteiger partial charge in [-0.3, -0.25) is 9.59 Å². The van der Waals surface area contributed by atoms with Crippen molar-refractivity contribution in [2.75, 3.05) is 13.1 Å². The van der Waals surface area contributed by atoms with E-state index in [4.69, 9.17) is 28.0 Å². The maximum absolute atomic E-state index is 12.9. The maximum atomic E-state index is 12.9. The molecular formula is C19H21Cl2N3O3. The van der Waals surface area contributed by atoms with E-state index in [-0.39, 0.29) is 17.7 Å². The second kappa shape index (κ2) is 7.68. The van der Waals surface area contributed by atoms with Crippen LogP contribution in [-0.4, -0.2) is 47.7 Å². The fourth-order valence-corrected chi connectivity index (χ4v) is 4.05. The van der Waals surface area contributed by atoms with Crippen LogP contribution in [0.25, 0.3) is 0 Å². The molecule has 1 saturated heterocycles. The van der Waals surface area contributed by atoms with Gasteiger partial charge in [0.25, 0.3) is 5.91 Å². The minimum atomic E-state index is -0.669. The van der Waals surface area contributed by atoms with Gasteiger partial charge in [0.15, 0.2) is 0 Å². The monoisotopic (exact) mass is 409 g/mol. The summed E-state index contributed by atoms with van der Waals surface area (Å²) in [5.41, 5.74) is 1.35. The van der Waals surface area contributed by atoms with Gasteiger partial charge in [0, 0.05) is 36.1 Å². The van der Waals surface area contributed by atoms with Crippen molar-refractivity contribution in [3.05, 3.63) is 33.8 Å². The molecule has 8 heteroatoms. The van der Waals surface area contributed by atoms with Gasteiger partial charge in [0.2, 0.25) is 12.0 Å². The molecule has 1 aromatic rings. The molecule has 2 aliphatic heterocycles. The highest BCUT2D eigenvalue weighted by Gasteiger charge is 2.37. The van der Waals surface area contributed by atoms with Crippen LogP contribution in [0.5, 0.6) is 0 Å². The molecule has 0 radical (unpaired) electrons. The lowest BCUT2D eigenvalue weighted by Crippen LogP contribution is -2.48. The fraction of sp³-hybridized carbons (Fsp3) is 0.526. The number of hydrogen-bond donors (Lipinski definition) is 1. The lowest BCUT2D eigenvalue weighted by molar-refractivity contribution is -0.145. The molecule has 6 nitrogen and oxygen atoms in total. The Morgan fingerprint density at radius 2 is 2.04 bits per heavy atom. The van der Waals surface area contributed by atoms with Gasteiger partial charge in [-0.15, -0.1) is 0 Å². The molecule has 2 amide bonds. The largest absolute Gasteiger partial charge is 0.382 e. The first-order valence-corrected chi connectivity index (χ1v) is 10.0. The molecule has 2 heterocycles. The van der Waals surface area contributed by atoms with E-state index < -0.39 is 6.10 Å². The first kappa shape index (κ1) is 18.6. The number of amides is 2. The van der Waals surface area contributed by atoms with Crippen molar-refractivity contribution in [3.63, 3.8) is 0 Å². The van der Waals surface area contributed by atoms with Gasteiger partial charge in [0.05, 0.1) is 16.7 Å². The minimum absolute atomic E-state index is 0.0622. The Bertz CT molecular complexity index is 794. The molecule has 2 atom stereocenters. The Labute approximate surface area is 167 Å². The van der Waals surface area contributed by atoms with E-state index in [0.29, 0.717) is 41.3 Å². The summed E-state index contributed by atoms with van der Waals surface area (Å²) in [6.07, 6.45) is 3.44. The third-order valence-corrected chi connectivity index (χ3v) is 5.76. The predicted molar refractivity (Wildman–Crippen MR) is 103 cm³/mol. The Balaban J connectivity index is 1.36. The van der Waals surface area contributed by atoms with Crippen LogP contribution >= 0.6 is 23.2 Å². The highest BCUT2D eigenvalue weighted by atomic mass is 35.5. The molecular weight excluding hydrogens is 389 g/mol. The van der Waals surface area contributed by atoms with Crippen LogP contribution in [0.15, 0.2) is 23.4 Å². The van der Waals surface area contributed by atoms with E-state index in [1.54, 1.807) is 23.1 Å². The van der Waals surface area contributed by atoms with Gasteiger partial charge in [-0.05, 0) is 37.8 Å². The maximum Gasteiger partial charge on any atom is 0.266 e. The molecule has 4 rings (SSSR count). The molecule has 1 aromatic carbocycles. The molecule has 1 N–H and O–H groups in total. The van der Waals surface area contributed by atoms with Crippen LogP contribution in [0.1, 0.15) is 37.7 Å². The molecule has 1 saturated carbocycles. The van der Waals surface area contributed by atoms with E-state index in [1.807, 2.05) is 0 Å². The van der Waals surface area contributed by atoms with E-state index >= 15 is 0 Å². The van der Waals surface area contributed by atoms with Gasteiger partial charge in [0.1, 0.15) is 0 Å². The molecule has 2 fully saturated rings. The summed E-state index contributed by atoms with van der Waals surface area (Å²) in [7, 11) is 0. The van der Waals surface area contributed by atoms with E-state index in [1.165, 1.54) is 0 Å². The Morgan fingerprint density at radius 1 is 1.22 bits per heavy atom. The molecule has 0 spiro atoms. The van der Waals surface area contributed by atoms with Crippen molar-refractivity contribution < 1.29 is 14.4 Å². The number of benzene rings is 1. The van der Waals surface area contributed by atoms with E-state index in [9.17, 15) is 9.59 Å². The first-order chi connectivity index (χ1) is 13.0. The number of halogens is 2. The van der Waals surface area contributed by atoms with Crippen molar-refractivity contribution in [3.8, 4) is 0 Å². The molecule has 2 unspecified atom stereocenters. The molecule has 0 aromatic heterocycles. The third kappa shape index (κ3) is 4.22. The average molecular weight is 410 g/mol. The SMILES string of the molecule is O=C(NC1CC1)C1CCCN(C(=O)C2CC(c3ccc(Cl)cc3Cl)=NO2)C1. The predicted octanol–water partition coefficient (Wildman–Crippen LogP) is 3.00. The van der Waals surface area contributed by atoms with Crippen LogP contribution < -0.4 is 5.32 Å². The molecule has 144 valence electrons. The summed E-state index contributed by atoms with van der Waals surface area (Å²) in [6, 6.07) is 5.48. The first-order valence-electron chi connectivity index (χ1n) is 9.28. The summed E-state index contributed by atoms with van der Waals surface area (Å²) in [4.78, 5) is 32.3. The highest BCUT2D eigenvalue weighted by molar-refractivity contribution is 6.37. The summed E-state index contributed by atoms with van der Waals surface area (Å²) in [5.74, 6) is -0.203. The number of carbonyl (C=O) groups is 2. The fourth-order valence-electron chi connectivity index (χ4n) is 3.53. The van der Waals surface area contributed by atoms with Gasteiger partial charge < -0.3 is 15.1 Å². The highest BCUT2D eigenvalue weighted by Crippen LogP contribution is 2.28. The summed E-state index contributed by atoms with van der Waals surface area (Å²) < 4.78 is 0. The lowest BCUT2D eigenvalue weighted by atomic mass is 9.96. The van der Waals surface area contributed by atoms with E-state index in [2.05, 4.69) is 10.5 Å². The number of piperidine rings is 1. The summed E-state index contributed by atoms with van der Waals surface area (Å²) in [5, 5.41) is 8.11. The number of rotatable bonds is 4. The number of carbonyl (C=O) groups excluding carboxylic acids is 2. The number of oxime groups is 1. The van der Waals surface area contributed by atoms with Crippen molar-refractivity contribution in [2.45, 2.75) is 44.2 Å². The van der Waals surface area contributed by atoms with Crippen LogP contribution in [0.3, 0.4) is 0 Å². The Morgan fingerprint density at radius 3 is 2.78 bits per heavy atom. The number of likely N-dealkylation sites (tertiary alicyclic amines) is 1. The van der Waals surface area contributed by atoms with Gasteiger partial charge >= 0.3 is 0 Å². The van der Waals surface area contributed by atoms with Gasteiger partial charge in [-0.1, -0.05) is 34.4 Å². The third-order valence-electron chi connectivity index (χ3n) is 5.21. The second-order valence-corrected chi connectivity index (χ2v) is 8.21. The standard InChI is InChI=1S/C19H21Cl2N3O3/c20-12-3-6-14(15(21)8-12)16-9-17(27-23-16)19(26)24-7-1-2-11(10-24)18(25)22-13-4-5-13/h3,6,8,11,13,17H,1-2,4-5,7,9-10H2,(H,22,25). The van der Waals surface area contributed by atoms with Crippen molar-refractivity contribution >= 4 is 40.7 Å². The summed E-state index contributed by atoms with van der Waals surface area (Å²) >= 11 is 12.2. The zero-order chi connectivity index (χ0) is 19.0. The molecule has 1 aliphatic carbocycles. The van der Waals surface area contributed by atoms with E-state index in [0.717, 1.165) is 31.2 Å². The van der Waals surface area contributed by atoms with Gasteiger partial charge in [-0.25, -0.2) is 0 Å². The van der Waals surface area contributed by atoms with Crippen molar-refractivity contribution in [1.82, 2.24) is 10.2 Å². The van der Waals surface area contributed by atoms with Crippen LogP contribution in [-0.2, 0) is 14.4 Å². The lowest BCUT2D eigenvalue weighted by Gasteiger charge is -2.33. The number of hydrogen-bond acceptors (Lipinski definition) is 4. The average Bonchev–Trinajstić information content (AvgIpc) is 3.34. The minimum Gasteiger partial charge on any atom is -0.382 e. The Kier molecular flexibility index (Phi) is 5.28. The number of nitrogens with zero attached hydrogens (tertiary/aromatic N) is 2. The zero-order valence-corrected chi connectivity index (χ0v) is 16.3. The normalized spacial score (nSPS) is 25.0. The smallest absolute Gasteiger partial charge is 0.266 e. The van der Waals surface area contributed by atoms with Crippen molar-refractivity contribution in [1.29, 1.82) is 0 Å². The quantitative estimate of drug-likeness (QED) is 0.830. The molecule has 27 heavy (non-hydrogen) atoms.